The van der Waals surface area contributed by atoms with Gasteiger partial charge in [-0.1, -0.05) is 28.9 Å². The Labute approximate surface area is 177 Å². The molecule has 0 bridgehead atoms. The third kappa shape index (κ3) is 4.76. The van der Waals surface area contributed by atoms with Gasteiger partial charge in [0.1, 0.15) is 0 Å². The number of aryl methyl sites for hydroxylation is 3. The topological polar surface area (TPSA) is 71.3 Å². The van der Waals surface area contributed by atoms with E-state index in [0.717, 1.165) is 30.6 Å². The van der Waals surface area contributed by atoms with Crippen molar-refractivity contribution in [1.82, 2.24) is 15.0 Å². The van der Waals surface area contributed by atoms with Crippen molar-refractivity contribution in [2.45, 2.75) is 40.2 Å². The number of hydrogen-bond donors (Lipinski definition) is 1. The normalized spacial score (nSPS) is 17.1. The van der Waals surface area contributed by atoms with Crippen LogP contribution in [0.25, 0.3) is 11.5 Å². The highest BCUT2D eigenvalue weighted by Gasteiger charge is 2.27. The summed E-state index contributed by atoms with van der Waals surface area (Å²) in [6.07, 6.45) is 1.88. The van der Waals surface area contributed by atoms with E-state index in [2.05, 4.69) is 34.2 Å². The van der Waals surface area contributed by atoms with Gasteiger partial charge in [0, 0.05) is 17.8 Å². The number of carbonyl (C=O) groups excluding carboxylic acids is 1. The molecule has 2 heterocycles. The second-order valence-electron chi connectivity index (χ2n) is 8.24. The van der Waals surface area contributed by atoms with Gasteiger partial charge in [-0.25, -0.2) is 0 Å². The lowest BCUT2D eigenvalue weighted by molar-refractivity contribution is -0.121. The molecule has 0 radical (unpaired) electrons. The minimum atomic E-state index is -0.0381. The van der Waals surface area contributed by atoms with E-state index in [0.29, 0.717) is 24.8 Å². The number of benzene rings is 2. The molecule has 1 saturated heterocycles. The molecule has 1 fully saturated rings. The molecule has 1 aliphatic heterocycles. The number of carbonyl (C=O) groups is 1. The van der Waals surface area contributed by atoms with Crippen LogP contribution in [0, 0.1) is 26.7 Å². The van der Waals surface area contributed by atoms with Gasteiger partial charge in [0.05, 0.1) is 12.5 Å². The molecule has 1 aliphatic rings. The van der Waals surface area contributed by atoms with E-state index < -0.39 is 0 Å². The number of nitrogens with one attached hydrogen (secondary N) is 1. The van der Waals surface area contributed by atoms with Gasteiger partial charge in [0.2, 0.25) is 5.91 Å². The van der Waals surface area contributed by atoms with Crippen LogP contribution in [0.1, 0.15) is 35.4 Å². The fraction of sp³-hybridized carbons (Fsp3) is 0.375. The Bertz CT molecular complexity index is 1030. The number of hydrogen-bond acceptors (Lipinski definition) is 5. The molecule has 0 saturated carbocycles. The Hall–Kier alpha value is -2.99. The van der Waals surface area contributed by atoms with Crippen LogP contribution in [0.15, 0.2) is 47.0 Å². The van der Waals surface area contributed by atoms with Gasteiger partial charge in [0.15, 0.2) is 5.82 Å². The third-order valence-corrected chi connectivity index (χ3v) is 5.78. The lowest BCUT2D eigenvalue weighted by atomic mass is 9.97. The smallest absolute Gasteiger partial charge is 0.257 e. The van der Waals surface area contributed by atoms with Gasteiger partial charge in [-0.3, -0.25) is 9.69 Å². The first kappa shape index (κ1) is 20.3. The van der Waals surface area contributed by atoms with Crippen LogP contribution in [0.4, 0.5) is 5.69 Å². The van der Waals surface area contributed by atoms with Gasteiger partial charge in [-0.2, -0.15) is 4.98 Å². The van der Waals surface area contributed by atoms with Crippen LogP contribution in [0.3, 0.4) is 0 Å². The zero-order valence-electron chi connectivity index (χ0n) is 17.8. The molecular weight excluding hydrogens is 376 g/mol. The van der Waals surface area contributed by atoms with Crippen molar-refractivity contribution in [2.24, 2.45) is 5.92 Å². The molecule has 4 rings (SSSR count). The minimum absolute atomic E-state index is 0.0381. The summed E-state index contributed by atoms with van der Waals surface area (Å²) in [4.78, 5) is 19.6. The van der Waals surface area contributed by atoms with Crippen molar-refractivity contribution in [2.75, 3.05) is 18.4 Å². The summed E-state index contributed by atoms with van der Waals surface area (Å²) in [5.41, 5.74) is 5.38. The number of amides is 1. The fourth-order valence-corrected chi connectivity index (χ4v) is 3.81. The van der Waals surface area contributed by atoms with Crippen LogP contribution < -0.4 is 5.32 Å². The molecule has 2 aromatic carbocycles. The summed E-state index contributed by atoms with van der Waals surface area (Å²) in [5, 5.41) is 7.22. The highest BCUT2D eigenvalue weighted by Crippen LogP contribution is 2.22. The highest BCUT2D eigenvalue weighted by molar-refractivity contribution is 5.92. The van der Waals surface area contributed by atoms with Crippen LogP contribution in [0.2, 0.25) is 0 Å². The molecule has 30 heavy (non-hydrogen) atoms. The van der Waals surface area contributed by atoms with E-state index in [1.807, 2.05) is 49.4 Å². The molecule has 1 atom stereocenters. The fourth-order valence-electron chi connectivity index (χ4n) is 3.81. The van der Waals surface area contributed by atoms with Crippen LogP contribution >= 0.6 is 0 Å². The lowest BCUT2D eigenvalue weighted by Crippen LogP contribution is -2.40. The Morgan fingerprint density at radius 3 is 2.70 bits per heavy atom. The average Bonchev–Trinajstić information content (AvgIpc) is 3.20. The van der Waals surface area contributed by atoms with Crippen LogP contribution in [-0.4, -0.2) is 34.0 Å². The number of anilines is 1. The van der Waals surface area contributed by atoms with Crippen molar-refractivity contribution < 1.29 is 9.32 Å². The van der Waals surface area contributed by atoms with Crippen molar-refractivity contribution in [3.63, 3.8) is 0 Å². The second kappa shape index (κ2) is 8.79. The number of piperidine rings is 1. The van der Waals surface area contributed by atoms with Crippen LogP contribution in [-0.2, 0) is 11.3 Å². The SMILES string of the molecule is Cc1ccc(-c2nc(CN3CCC[C@H](C(=O)Nc4ccc(C)c(C)c4)C3)no2)cc1. The van der Waals surface area contributed by atoms with Gasteiger partial charge in [-0.15, -0.1) is 0 Å². The zero-order chi connectivity index (χ0) is 21.1. The van der Waals surface area contributed by atoms with Gasteiger partial charge in [-0.05, 0) is 75.5 Å². The lowest BCUT2D eigenvalue weighted by Gasteiger charge is -2.31. The summed E-state index contributed by atoms with van der Waals surface area (Å²) < 4.78 is 5.44. The maximum Gasteiger partial charge on any atom is 0.257 e. The first-order valence-corrected chi connectivity index (χ1v) is 10.5. The maximum absolute atomic E-state index is 12.8. The number of rotatable bonds is 5. The van der Waals surface area contributed by atoms with Crippen molar-refractivity contribution >= 4 is 11.6 Å². The minimum Gasteiger partial charge on any atom is -0.334 e. The van der Waals surface area contributed by atoms with E-state index in [-0.39, 0.29) is 11.8 Å². The van der Waals surface area contributed by atoms with E-state index in [1.165, 1.54) is 16.7 Å². The van der Waals surface area contributed by atoms with Crippen molar-refractivity contribution in [3.8, 4) is 11.5 Å². The number of nitrogens with zero attached hydrogens (tertiary/aromatic N) is 3. The molecule has 1 amide bonds. The summed E-state index contributed by atoms with van der Waals surface area (Å²) in [6, 6.07) is 14.1. The van der Waals surface area contributed by atoms with Crippen LogP contribution in [0.5, 0.6) is 0 Å². The van der Waals surface area contributed by atoms with Crippen molar-refractivity contribution in [3.05, 3.63) is 65.0 Å². The molecule has 6 nitrogen and oxygen atoms in total. The molecular formula is C24H28N4O2. The summed E-state index contributed by atoms with van der Waals surface area (Å²) in [5.74, 6) is 1.23. The zero-order valence-corrected chi connectivity index (χ0v) is 17.8. The Balaban J connectivity index is 1.36. The van der Waals surface area contributed by atoms with Gasteiger partial charge >= 0.3 is 0 Å². The molecule has 6 heteroatoms. The van der Waals surface area contributed by atoms with E-state index in [1.54, 1.807) is 0 Å². The molecule has 0 unspecified atom stereocenters. The van der Waals surface area contributed by atoms with Crippen molar-refractivity contribution in [1.29, 1.82) is 0 Å². The summed E-state index contributed by atoms with van der Waals surface area (Å²) in [7, 11) is 0. The molecule has 3 aromatic rings. The molecule has 0 spiro atoms. The molecule has 0 aliphatic carbocycles. The monoisotopic (exact) mass is 404 g/mol. The largest absolute Gasteiger partial charge is 0.334 e. The number of likely N-dealkylation sites (tertiary alicyclic amines) is 1. The first-order chi connectivity index (χ1) is 14.5. The van der Waals surface area contributed by atoms with Gasteiger partial charge in [0.25, 0.3) is 5.89 Å². The maximum atomic E-state index is 12.8. The quantitative estimate of drug-likeness (QED) is 0.677. The summed E-state index contributed by atoms with van der Waals surface area (Å²) in [6.45, 7) is 8.40. The molecule has 1 aromatic heterocycles. The number of aromatic nitrogens is 2. The highest BCUT2D eigenvalue weighted by atomic mass is 16.5. The predicted octanol–water partition coefficient (Wildman–Crippen LogP) is 4.51. The Morgan fingerprint density at radius 2 is 1.93 bits per heavy atom. The van der Waals surface area contributed by atoms with E-state index >= 15 is 0 Å². The Morgan fingerprint density at radius 1 is 1.13 bits per heavy atom. The molecule has 1 N–H and O–H groups in total. The Kier molecular flexibility index (Phi) is 5.95. The van der Waals surface area contributed by atoms with E-state index in [9.17, 15) is 4.79 Å². The predicted molar refractivity (Wildman–Crippen MR) is 117 cm³/mol. The molecule has 156 valence electrons. The second-order valence-corrected chi connectivity index (χ2v) is 8.24. The van der Waals surface area contributed by atoms with Gasteiger partial charge < -0.3 is 9.84 Å². The summed E-state index contributed by atoms with van der Waals surface area (Å²) >= 11 is 0. The average molecular weight is 405 g/mol. The van der Waals surface area contributed by atoms with E-state index in [4.69, 9.17) is 4.52 Å². The standard InChI is InChI=1S/C24H28N4O2/c1-16-6-9-19(10-7-16)24-26-22(27-30-24)15-28-12-4-5-20(14-28)23(29)25-21-11-8-17(2)18(3)13-21/h6-11,13,20H,4-5,12,14-15H2,1-3H3,(H,25,29)/t20-/m0/s1. The third-order valence-electron chi connectivity index (χ3n) is 5.78. The first-order valence-electron chi connectivity index (χ1n) is 10.5.